The molecule has 2 aromatic heterocycles. The van der Waals surface area contributed by atoms with Gasteiger partial charge in [0.1, 0.15) is 0 Å². The smallest absolute Gasteiger partial charge is 0.258 e. The molecule has 9 nitrogen and oxygen atoms in total. The average Bonchev–Trinajstić information content (AvgIpc) is 3.44. The second kappa shape index (κ2) is 11.9. The molecular weight excluding hydrogens is 514 g/mol. The summed E-state index contributed by atoms with van der Waals surface area (Å²) in [4.78, 5) is 38.8. The topological polar surface area (TPSA) is 96.2 Å². The molecule has 5 rings (SSSR count). The van der Waals surface area contributed by atoms with E-state index >= 15 is 0 Å². The van der Waals surface area contributed by atoms with Crippen molar-refractivity contribution in [3.8, 4) is 11.1 Å². The zero-order valence-electron chi connectivity index (χ0n) is 24.3. The maximum Gasteiger partial charge on any atom is 0.258 e. The average molecular weight is 552 g/mol. The molecule has 2 amide bonds. The Bertz CT molecular complexity index is 1520. The maximum atomic E-state index is 13.4. The van der Waals surface area contributed by atoms with Gasteiger partial charge in [0.25, 0.3) is 11.8 Å². The maximum absolute atomic E-state index is 13.4. The van der Waals surface area contributed by atoms with Crippen LogP contribution in [0.5, 0.6) is 0 Å². The molecule has 1 saturated heterocycles. The fraction of sp³-hybridized carbons (Fsp3) is 0.344. The third-order valence-electron chi connectivity index (χ3n) is 7.93. The molecule has 1 aliphatic rings. The minimum absolute atomic E-state index is 0.0183. The van der Waals surface area contributed by atoms with Crippen LogP contribution in [-0.4, -0.2) is 62.6 Å². The molecule has 2 aromatic carbocycles. The van der Waals surface area contributed by atoms with Crippen molar-refractivity contribution in [2.24, 2.45) is 7.05 Å². The van der Waals surface area contributed by atoms with Gasteiger partial charge in [0.15, 0.2) is 0 Å². The molecule has 3 heterocycles. The second-order valence-corrected chi connectivity index (χ2v) is 11.1. The Kier molecular flexibility index (Phi) is 8.14. The van der Waals surface area contributed by atoms with Crippen molar-refractivity contribution in [3.05, 3.63) is 89.5 Å². The molecule has 212 valence electrons. The first-order chi connectivity index (χ1) is 19.7. The number of hydrogen-bond acceptors (Lipinski definition) is 6. The van der Waals surface area contributed by atoms with Crippen LogP contribution in [0.3, 0.4) is 0 Å². The van der Waals surface area contributed by atoms with Crippen LogP contribution in [0.2, 0.25) is 0 Å². The number of carbonyl (C=O) groups is 2. The molecule has 0 spiro atoms. The molecule has 0 saturated carbocycles. The highest BCUT2D eigenvalue weighted by atomic mass is 16.2. The number of piperidine rings is 1. The molecule has 1 fully saturated rings. The van der Waals surface area contributed by atoms with Gasteiger partial charge in [-0.3, -0.25) is 14.3 Å². The summed E-state index contributed by atoms with van der Waals surface area (Å²) in [5.74, 6) is 0.650. The van der Waals surface area contributed by atoms with Gasteiger partial charge in [0, 0.05) is 68.6 Å². The summed E-state index contributed by atoms with van der Waals surface area (Å²) in [5, 5.41) is 7.19. The summed E-state index contributed by atoms with van der Waals surface area (Å²) in [6.07, 6.45) is 8.76. The monoisotopic (exact) mass is 551 g/mol. The van der Waals surface area contributed by atoms with E-state index in [4.69, 9.17) is 0 Å². The van der Waals surface area contributed by atoms with Crippen molar-refractivity contribution >= 4 is 23.5 Å². The van der Waals surface area contributed by atoms with Gasteiger partial charge >= 0.3 is 0 Å². The number of aryl methyl sites for hydroxylation is 2. The number of amides is 2. The van der Waals surface area contributed by atoms with Gasteiger partial charge in [-0.1, -0.05) is 30.3 Å². The molecule has 1 aliphatic heterocycles. The molecule has 1 N–H and O–H groups in total. The van der Waals surface area contributed by atoms with Gasteiger partial charge in [-0.05, 0) is 68.4 Å². The minimum Gasteiger partial charge on any atom is -0.341 e. The number of nitrogens with zero attached hydrogens (tertiary/aromatic N) is 6. The lowest BCUT2D eigenvalue weighted by Gasteiger charge is -2.32. The standard InChI is InChI=1S/C32H37N7O2/c1-21(2)38(5)32-33-17-27(18-34-32)30(40)36-29-16-26(7-6-22(29)3)31(41)39-14-12-25(13-15-39)23-8-10-24(11-9-23)28-19-35-37(4)20-28/h6-11,16-21,25H,12-15H2,1-5H3,(H,36,40). The molecule has 41 heavy (non-hydrogen) atoms. The van der Waals surface area contributed by atoms with E-state index in [2.05, 4.69) is 44.6 Å². The van der Waals surface area contributed by atoms with Gasteiger partial charge in [0.2, 0.25) is 5.95 Å². The Balaban J connectivity index is 1.20. The summed E-state index contributed by atoms with van der Waals surface area (Å²) < 4.78 is 1.81. The zero-order chi connectivity index (χ0) is 29.1. The summed E-state index contributed by atoms with van der Waals surface area (Å²) in [6.45, 7) is 7.39. The highest BCUT2D eigenvalue weighted by Crippen LogP contribution is 2.31. The quantitative estimate of drug-likeness (QED) is 0.335. The lowest BCUT2D eigenvalue weighted by atomic mass is 9.88. The van der Waals surface area contributed by atoms with E-state index in [1.807, 2.05) is 69.2 Å². The summed E-state index contributed by atoms with van der Waals surface area (Å²) in [7, 11) is 3.83. The van der Waals surface area contributed by atoms with Gasteiger partial charge in [-0.25, -0.2) is 9.97 Å². The molecule has 9 heteroatoms. The van der Waals surface area contributed by atoms with E-state index in [1.54, 1.807) is 10.7 Å². The van der Waals surface area contributed by atoms with Crippen LogP contribution < -0.4 is 10.2 Å². The second-order valence-electron chi connectivity index (χ2n) is 11.1. The van der Waals surface area contributed by atoms with E-state index in [0.29, 0.717) is 41.8 Å². The van der Waals surface area contributed by atoms with Crippen LogP contribution >= 0.6 is 0 Å². The molecular formula is C32H37N7O2. The first kappa shape index (κ1) is 28.0. The Morgan fingerprint density at radius 2 is 1.63 bits per heavy atom. The van der Waals surface area contributed by atoms with Crippen LogP contribution in [0.1, 0.15) is 64.4 Å². The van der Waals surface area contributed by atoms with E-state index in [9.17, 15) is 9.59 Å². The van der Waals surface area contributed by atoms with Crippen molar-refractivity contribution in [3.63, 3.8) is 0 Å². The molecule has 4 aromatic rings. The predicted octanol–water partition coefficient (Wildman–Crippen LogP) is 5.30. The largest absolute Gasteiger partial charge is 0.341 e. The minimum atomic E-state index is -0.313. The van der Waals surface area contributed by atoms with Crippen LogP contribution in [-0.2, 0) is 7.05 Å². The van der Waals surface area contributed by atoms with E-state index < -0.39 is 0 Å². The van der Waals surface area contributed by atoms with Gasteiger partial charge in [0.05, 0.1) is 11.8 Å². The number of anilines is 2. The summed E-state index contributed by atoms with van der Waals surface area (Å²) in [5.41, 5.74) is 5.97. The van der Waals surface area contributed by atoms with Crippen LogP contribution in [0, 0.1) is 6.92 Å². The van der Waals surface area contributed by atoms with Gasteiger partial charge in [-0.2, -0.15) is 5.10 Å². The summed E-state index contributed by atoms with van der Waals surface area (Å²) >= 11 is 0. The van der Waals surface area contributed by atoms with Gasteiger partial charge in [-0.15, -0.1) is 0 Å². The fourth-order valence-corrected chi connectivity index (χ4v) is 5.05. The number of benzene rings is 2. The zero-order valence-corrected chi connectivity index (χ0v) is 24.3. The number of rotatable bonds is 7. The molecule has 0 radical (unpaired) electrons. The predicted molar refractivity (Wildman–Crippen MR) is 161 cm³/mol. The van der Waals surface area contributed by atoms with Crippen molar-refractivity contribution in [1.29, 1.82) is 0 Å². The Hall–Kier alpha value is -4.53. The highest BCUT2D eigenvalue weighted by Gasteiger charge is 2.25. The summed E-state index contributed by atoms with van der Waals surface area (Å²) in [6, 6.07) is 14.4. The van der Waals surface area contributed by atoms with Crippen molar-refractivity contribution in [1.82, 2.24) is 24.6 Å². The van der Waals surface area contributed by atoms with E-state index in [-0.39, 0.29) is 17.9 Å². The van der Waals surface area contributed by atoms with Crippen LogP contribution in [0.25, 0.3) is 11.1 Å². The SMILES string of the molecule is Cc1ccc(C(=O)N2CCC(c3ccc(-c4cnn(C)c4)cc3)CC2)cc1NC(=O)c1cnc(N(C)C(C)C)nc1. The number of hydrogen-bond donors (Lipinski definition) is 1. The fourth-order valence-electron chi connectivity index (χ4n) is 5.05. The number of aromatic nitrogens is 4. The molecule has 0 aliphatic carbocycles. The van der Waals surface area contributed by atoms with Crippen LogP contribution in [0.4, 0.5) is 11.6 Å². The van der Waals surface area contributed by atoms with Crippen molar-refractivity contribution in [2.45, 2.75) is 45.6 Å². The first-order valence-corrected chi connectivity index (χ1v) is 14.0. The Morgan fingerprint density at radius 3 is 2.24 bits per heavy atom. The lowest BCUT2D eigenvalue weighted by molar-refractivity contribution is 0.0712. The van der Waals surface area contributed by atoms with Crippen molar-refractivity contribution in [2.75, 3.05) is 30.4 Å². The number of nitrogens with one attached hydrogen (secondary N) is 1. The highest BCUT2D eigenvalue weighted by molar-refractivity contribution is 6.05. The van der Waals surface area contributed by atoms with Crippen molar-refractivity contribution < 1.29 is 9.59 Å². The number of carbonyl (C=O) groups excluding carboxylic acids is 2. The normalized spacial score (nSPS) is 13.9. The molecule has 0 unspecified atom stereocenters. The van der Waals surface area contributed by atoms with Crippen LogP contribution in [0.15, 0.2) is 67.3 Å². The van der Waals surface area contributed by atoms with E-state index in [1.165, 1.54) is 18.0 Å². The number of likely N-dealkylation sites (tertiary alicyclic amines) is 1. The molecule has 0 bridgehead atoms. The lowest BCUT2D eigenvalue weighted by Crippen LogP contribution is -2.38. The third-order valence-corrected chi connectivity index (χ3v) is 7.93. The third kappa shape index (κ3) is 6.29. The first-order valence-electron chi connectivity index (χ1n) is 14.0. The molecule has 0 atom stereocenters. The Labute approximate surface area is 241 Å². The van der Waals surface area contributed by atoms with E-state index in [0.717, 1.165) is 29.5 Å². The van der Waals surface area contributed by atoms with Gasteiger partial charge < -0.3 is 15.1 Å². The Morgan fingerprint density at radius 1 is 0.951 bits per heavy atom.